The van der Waals surface area contributed by atoms with Crippen LogP contribution >= 0.6 is 0 Å². The molecule has 0 radical (unpaired) electrons. The van der Waals surface area contributed by atoms with E-state index in [2.05, 4.69) is 33.0 Å². The minimum atomic E-state index is -0.415. The summed E-state index contributed by atoms with van der Waals surface area (Å²) in [7, 11) is 0. The molecule has 0 spiro atoms. The molecule has 1 amide bonds. The number of hydrogen-bond acceptors (Lipinski definition) is 4. The molecule has 0 heterocycles. The largest absolute Gasteiger partial charge is 0.457 e. The SMILES string of the molecule is CC(C)CN(/C=C(/C#N)C(=O)Nc1ccc(Oc2ccccc2)cc1)CC(C)C. The fraction of sp³-hybridized carbons (Fsp3) is 0.333. The molecule has 5 nitrogen and oxygen atoms in total. The normalized spacial score (nSPS) is 11.3. The highest BCUT2D eigenvalue weighted by Gasteiger charge is 2.13. The number of nitrogens with zero attached hydrogens (tertiary/aromatic N) is 2. The van der Waals surface area contributed by atoms with Gasteiger partial charge in [-0.05, 0) is 48.2 Å². The molecule has 0 aromatic heterocycles. The molecule has 0 aliphatic carbocycles. The number of benzene rings is 2. The first-order chi connectivity index (χ1) is 13.9. The van der Waals surface area contributed by atoms with E-state index in [1.807, 2.05) is 41.3 Å². The number of hydrogen-bond donors (Lipinski definition) is 1. The smallest absolute Gasteiger partial charge is 0.267 e. The maximum Gasteiger partial charge on any atom is 0.267 e. The minimum Gasteiger partial charge on any atom is -0.457 e. The first kappa shape index (κ1) is 22.0. The highest BCUT2D eigenvalue weighted by molar-refractivity contribution is 6.06. The van der Waals surface area contributed by atoms with Crippen LogP contribution in [0.5, 0.6) is 11.5 Å². The summed E-state index contributed by atoms with van der Waals surface area (Å²) in [4.78, 5) is 14.6. The Bertz CT molecular complexity index is 840. The molecule has 0 atom stereocenters. The second-order valence-corrected chi connectivity index (χ2v) is 7.79. The third kappa shape index (κ3) is 7.71. The monoisotopic (exact) mass is 391 g/mol. The van der Waals surface area contributed by atoms with Crippen molar-refractivity contribution in [2.45, 2.75) is 27.7 Å². The lowest BCUT2D eigenvalue weighted by Crippen LogP contribution is -2.28. The van der Waals surface area contributed by atoms with Crippen molar-refractivity contribution in [3.63, 3.8) is 0 Å². The summed E-state index contributed by atoms with van der Waals surface area (Å²) in [5, 5.41) is 12.3. The van der Waals surface area contributed by atoms with Gasteiger partial charge in [0.05, 0.1) is 0 Å². The van der Waals surface area contributed by atoms with Gasteiger partial charge in [0.25, 0.3) is 5.91 Å². The quantitative estimate of drug-likeness (QED) is 0.457. The van der Waals surface area contributed by atoms with Crippen molar-refractivity contribution in [2.75, 3.05) is 18.4 Å². The second kappa shape index (κ2) is 10.9. The Morgan fingerprint density at radius 3 is 2.07 bits per heavy atom. The van der Waals surface area contributed by atoms with Crippen molar-refractivity contribution >= 4 is 11.6 Å². The summed E-state index contributed by atoms with van der Waals surface area (Å²) in [6, 6.07) is 18.6. The zero-order chi connectivity index (χ0) is 21.2. The van der Waals surface area contributed by atoms with E-state index in [-0.39, 0.29) is 5.57 Å². The zero-order valence-electron chi connectivity index (χ0n) is 17.6. The van der Waals surface area contributed by atoms with Crippen molar-refractivity contribution in [1.29, 1.82) is 5.26 Å². The molecule has 29 heavy (non-hydrogen) atoms. The number of amides is 1. The fourth-order valence-electron chi connectivity index (χ4n) is 2.87. The lowest BCUT2D eigenvalue weighted by atomic mass is 10.1. The average Bonchev–Trinajstić information content (AvgIpc) is 2.67. The predicted molar refractivity (Wildman–Crippen MR) is 117 cm³/mol. The van der Waals surface area contributed by atoms with Crippen molar-refractivity contribution in [3.8, 4) is 17.6 Å². The van der Waals surface area contributed by atoms with Crippen molar-refractivity contribution in [2.24, 2.45) is 11.8 Å². The van der Waals surface area contributed by atoms with E-state index < -0.39 is 5.91 Å². The van der Waals surface area contributed by atoms with Crippen molar-refractivity contribution < 1.29 is 9.53 Å². The number of anilines is 1. The molecule has 0 aliphatic heterocycles. The topological polar surface area (TPSA) is 65.4 Å². The summed E-state index contributed by atoms with van der Waals surface area (Å²) in [6.07, 6.45) is 1.67. The molecule has 0 bridgehead atoms. The van der Waals surface area contributed by atoms with Crippen LogP contribution in [0.1, 0.15) is 27.7 Å². The molecule has 0 saturated carbocycles. The summed E-state index contributed by atoms with van der Waals surface area (Å²) >= 11 is 0. The van der Waals surface area contributed by atoms with Crippen LogP contribution in [0.15, 0.2) is 66.4 Å². The minimum absolute atomic E-state index is 0.0934. The van der Waals surface area contributed by atoms with E-state index in [0.717, 1.165) is 18.8 Å². The maximum absolute atomic E-state index is 12.6. The number of rotatable bonds is 9. The van der Waals surface area contributed by atoms with Crippen LogP contribution in [0, 0.1) is 23.2 Å². The number of carbonyl (C=O) groups excluding carboxylic acids is 1. The van der Waals surface area contributed by atoms with Crippen LogP contribution in [0.4, 0.5) is 5.69 Å². The summed E-state index contributed by atoms with van der Waals surface area (Å²) < 4.78 is 5.75. The molecular weight excluding hydrogens is 362 g/mol. The first-order valence-electron chi connectivity index (χ1n) is 9.87. The summed E-state index contributed by atoms with van der Waals surface area (Å²) in [5.41, 5.74) is 0.701. The van der Waals surface area contributed by atoms with Gasteiger partial charge in [-0.1, -0.05) is 45.9 Å². The zero-order valence-corrected chi connectivity index (χ0v) is 17.6. The van der Waals surface area contributed by atoms with Gasteiger partial charge in [-0.3, -0.25) is 4.79 Å². The average molecular weight is 392 g/mol. The molecule has 0 fully saturated rings. The van der Waals surface area contributed by atoms with Crippen LogP contribution in [0.25, 0.3) is 0 Å². The Morgan fingerprint density at radius 2 is 1.55 bits per heavy atom. The molecule has 0 saturated heterocycles. The molecule has 2 rings (SSSR count). The van der Waals surface area contributed by atoms with Crippen LogP contribution in [-0.2, 0) is 4.79 Å². The van der Waals surface area contributed by atoms with Gasteiger partial charge in [0, 0.05) is 25.0 Å². The Morgan fingerprint density at radius 1 is 1.00 bits per heavy atom. The maximum atomic E-state index is 12.6. The predicted octanol–water partition coefficient (Wildman–Crippen LogP) is 5.44. The Kier molecular flexibility index (Phi) is 8.29. The van der Waals surface area contributed by atoms with Gasteiger partial charge in [-0.25, -0.2) is 0 Å². The number of nitrogens with one attached hydrogen (secondary N) is 1. The van der Waals surface area contributed by atoms with E-state index in [1.165, 1.54) is 0 Å². The number of nitriles is 1. The van der Waals surface area contributed by atoms with Gasteiger partial charge in [0.2, 0.25) is 0 Å². The van der Waals surface area contributed by atoms with Crippen molar-refractivity contribution in [1.82, 2.24) is 4.90 Å². The van der Waals surface area contributed by atoms with Gasteiger partial charge in [0.1, 0.15) is 23.1 Å². The fourth-order valence-corrected chi connectivity index (χ4v) is 2.87. The standard InChI is InChI=1S/C24H29N3O2/c1-18(2)15-27(16-19(3)4)17-20(14-25)24(28)26-21-10-12-23(13-11-21)29-22-8-6-5-7-9-22/h5-13,17-19H,15-16H2,1-4H3,(H,26,28)/b20-17-. The molecule has 1 N–H and O–H groups in total. The van der Waals surface area contributed by atoms with Gasteiger partial charge in [-0.2, -0.15) is 5.26 Å². The first-order valence-corrected chi connectivity index (χ1v) is 9.87. The Balaban J connectivity index is 2.05. The molecular formula is C24H29N3O2. The summed E-state index contributed by atoms with van der Waals surface area (Å²) in [5.74, 6) is 1.87. The van der Waals surface area contributed by atoms with E-state index in [9.17, 15) is 10.1 Å². The molecule has 0 unspecified atom stereocenters. The molecule has 0 aliphatic rings. The Hall–Kier alpha value is -3.26. The number of ether oxygens (including phenoxy) is 1. The lowest BCUT2D eigenvalue weighted by Gasteiger charge is -2.25. The molecule has 2 aromatic rings. The van der Waals surface area contributed by atoms with E-state index in [4.69, 9.17) is 4.74 Å². The third-order valence-corrected chi connectivity index (χ3v) is 3.97. The van der Waals surface area contributed by atoms with E-state index >= 15 is 0 Å². The van der Waals surface area contributed by atoms with E-state index in [0.29, 0.717) is 23.3 Å². The number of para-hydroxylation sites is 1. The van der Waals surface area contributed by atoms with Crippen LogP contribution < -0.4 is 10.1 Å². The molecule has 152 valence electrons. The van der Waals surface area contributed by atoms with Gasteiger partial charge in [0.15, 0.2) is 0 Å². The van der Waals surface area contributed by atoms with Crippen LogP contribution in [-0.4, -0.2) is 23.9 Å². The Labute approximate surface area is 173 Å². The van der Waals surface area contributed by atoms with Crippen molar-refractivity contribution in [3.05, 3.63) is 66.4 Å². The second-order valence-electron chi connectivity index (χ2n) is 7.79. The summed E-state index contributed by atoms with van der Waals surface area (Å²) in [6.45, 7) is 10.1. The number of carbonyl (C=O) groups is 1. The third-order valence-electron chi connectivity index (χ3n) is 3.97. The van der Waals surface area contributed by atoms with Gasteiger partial charge in [-0.15, -0.1) is 0 Å². The van der Waals surface area contributed by atoms with Crippen LogP contribution in [0.2, 0.25) is 0 Å². The molecule has 5 heteroatoms. The molecule has 2 aromatic carbocycles. The highest BCUT2D eigenvalue weighted by Crippen LogP contribution is 2.22. The highest BCUT2D eigenvalue weighted by atomic mass is 16.5. The van der Waals surface area contributed by atoms with Gasteiger partial charge >= 0.3 is 0 Å². The van der Waals surface area contributed by atoms with Crippen LogP contribution in [0.3, 0.4) is 0 Å². The van der Waals surface area contributed by atoms with Gasteiger partial charge < -0.3 is 15.0 Å². The van der Waals surface area contributed by atoms with E-state index in [1.54, 1.807) is 30.5 Å². The lowest BCUT2D eigenvalue weighted by molar-refractivity contribution is -0.112.